The van der Waals surface area contributed by atoms with Gasteiger partial charge in [-0.3, -0.25) is 0 Å². The van der Waals surface area contributed by atoms with Crippen LogP contribution in [0.5, 0.6) is 0 Å². The van der Waals surface area contributed by atoms with Crippen molar-refractivity contribution in [2.75, 3.05) is 14.2 Å². The fourth-order valence-electron chi connectivity index (χ4n) is 3.44. The second kappa shape index (κ2) is 8.13. The molecular formula is C23H23NO4. The number of methoxy groups -OCH3 is 2. The van der Waals surface area contributed by atoms with E-state index in [-0.39, 0.29) is 11.1 Å². The van der Waals surface area contributed by atoms with E-state index in [2.05, 4.69) is 0 Å². The lowest BCUT2D eigenvalue weighted by Gasteiger charge is -2.13. The molecule has 0 spiro atoms. The third-order valence-electron chi connectivity index (χ3n) is 4.73. The van der Waals surface area contributed by atoms with Crippen molar-refractivity contribution in [3.63, 3.8) is 0 Å². The lowest BCUT2D eigenvalue weighted by atomic mass is 10.0. The number of aryl methyl sites for hydroxylation is 1. The molecule has 1 aromatic heterocycles. The summed E-state index contributed by atoms with van der Waals surface area (Å²) in [7, 11) is 2.63. The fraction of sp³-hybridized carbons (Fsp3) is 0.217. The maximum absolute atomic E-state index is 12.8. The van der Waals surface area contributed by atoms with Crippen molar-refractivity contribution in [1.82, 2.24) is 4.57 Å². The molecule has 0 saturated carbocycles. The SMILES string of the molecule is CCn1c(-c2ccccc2)c(C(=O)OC)c(C(=O)OC)c1-c1ccc(C)cc1. The molecule has 0 saturated heterocycles. The molecule has 5 heteroatoms. The van der Waals surface area contributed by atoms with Gasteiger partial charge < -0.3 is 14.0 Å². The molecule has 0 N–H and O–H groups in total. The van der Waals surface area contributed by atoms with Gasteiger partial charge in [-0.1, -0.05) is 60.2 Å². The molecule has 0 radical (unpaired) electrons. The Kier molecular flexibility index (Phi) is 5.64. The molecule has 1 heterocycles. The molecule has 3 aromatic rings. The fourth-order valence-corrected chi connectivity index (χ4v) is 3.44. The summed E-state index contributed by atoms with van der Waals surface area (Å²) in [5, 5.41) is 0. The first-order valence-electron chi connectivity index (χ1n) is 9.09. The van der Waals surface area contributed by atoms with E-state index in [1.807, 2.05) is 73.0 Å². The van der Waals surface area contributed by atoms with Gasteiger partial charge in [0.05, 0.1) is 25.6 Å². The minimum Gasteiger partial charge on any atom is -0.465 e. The molecule has 0 atom stereocenters. The van der Waals surface area contributed by atoms with Crippen LogP contribution in [0, 0.1) is 6.92 Å². The minimum absolute atomic E-state index is 0.220. The van der Waals surface area contributed by atoms with Crippen molar-refractivity contribution < 1.29 is 19.1 Å². The van der Waals surface area contributed by atoms with Crippen LogP contribution in [0.15, 0.2) is 54.6 Å². The van der Waals surface area contributed by atoms with Gasteiger partial charge in [-0.15, -0.1) is 0 Å². The third kappa shape index (κ3) is 3.31. The van der Waals surface area contributed by atoms with Gasteiger partial charge in [0.15, 0.2) is 0 Å². The Labute approximate surface area is 164 Å². The van der Waals surface area contributed by atoms with Gasteiger partial charge in [-0.2, -0.15) is 0 Å². The normalized spacial score (nSPS) is 10.6. The van der Waals surface area contributed by atoms with Crippen LogP contribution in [0.1, 0.15) is 33.2 Å². The molecule has 0 aliphatic rings. The molecule has 5 nitrogen and oxygen atoms in total. The van der Waals surface area contributed by atoms with Crippen LogP contribution >= 0.6 is 0 Å². The summed E-state index contributed by atoms with van der Waals surface area (Å²) in [6.45, 7) is 4.54. The molecule has 0 fully saturated rings. The van der Waals surface area contributed by atoms with Crippen LogP contribution in [0.3, 0.4) is 0 Å². The summed E-state index contributed by atoms with van der Waals surface area (Å²) in [4.78, 5) is 25.6. The second-order valence-electron chi connectivity index (χ2n) is 6.41. The maximum Gasteiger partial charge on any atom is 0.340 e. The zero-order valence-corrected chi connectivity index (χ0v) is 16.5. The number of hydrogen-bond acceptors (Lipinski definition) is 4. The van der Waals surface area contributed by atoms with E-state index >= 15 is 0 Å². The molecule has 2 aromatic carbocycles. The molecule has 0 aliphatic heterocycles. The summed E-state index contributed by atoms with van der Waals surface area (Å²) in [5.41, 5.74) is 4.50. The van der Waals surface area contributed by atoms with Crippen molar-refractivity contribution in [1.29, 1.82) is 0 Å². The Morgan fingerprint density at radius 3 is 1.68 bits per heavy atom. The lowest BCUT2D eigenvalue weighted by Crippen LogP contribution is -2.11. The highest BCUT2D eigenvalue weighted by Crippen LogP contribution is 2.38. The molecule has 0 unspecified atom stereocenters. The molecule has 3 rings (SSSR count). The van der Waals surface area contributed by atoms with Crippen LogP contribution in [0.25, 0.3) is 22.5 Å². The number of carbonyl (C=O) groups is 2. The Hall–Kier alpha value is -3.34. The topological polar surface area (TPSA) is 57.5 Å². The Morgan fingerprint density at radius 1 is 0.786 bits per heavy atom. The predicted octanol–water partition coefficient (Wildman–Crippen LogP) is 4.72. The van der Waals surface area contributed by atoms with E-state index in [1.165, 1.54) is 14.2 Å². The van der Waals surface area contributed by atoms with Crippen molar-refractivity contribution >= 4 is 11.9 Å². The first-order valence-corrected chi connectivity index (χ1v) is 9.09. The number of carbonyl (C=O) groups excluding carboxylic acids is 2. The van der Waals surface area contributed by atoms with Gasteiger partial charge in [0.25, 0.3) is 0 Å². The van der Waals surface area contributed by atoms with Gasteiger partial charge in [-0.25, -0.2) is 9.59 Å². The predicted molar refractivity (Wildman–Crippen MR) is 108 cm³/mol. The van der Waals surface area contributed by atoms with Crippen molar-refractivity contribution in [3.05, 3.63) is 71.3 Å². The molecule has 0 aliphatic carbocycles. The molecule has 0 amide bonds. The summed E-state index contributed by atoms with van der Waals surface area (Å²) in [5.74, 6) is -1.14. The van der Waals surface area contributed by atoms with Gasteiger partial charge in [0.2, 0.25) is 0 Å². The zero-order chi connectivity index (χ0) is 20.3. The number of nitrogens with zero attached hydrogens (tertiary/aromatic N) is 1. The van der Waals surface area contributed by atoms with E-state index < -0.39 is 11.9 Å². The minimum atomic E-state index is -0.570. The first-order chi connectivity index (χ1) is 13.5. The van der Waals surface area contributed by atoms with Crippen LogP contribution < -0.4 is 0 Å². The standard InChI is InChI=1S/C23H23NO4/c1-5-24-20(16-9-7-6-8-10-16)18(22(25)27-3)19(23(26)28-4)21(24)17-13-11-15(2)12-14-17/h6-14H,5H2,1-4H3. The highest BCUT2D eigenvalue weighted by atomic mass is 16.5. The number of ether oxygens (including phenoxy) is 2. The first kappa shape index (κ1) is 19.4. The number of benzene rings is 2. The molecule has 144 valence electrons. The third-order valence-corrected chi connectivity index (χ3v) is 4.73. The van der Waals surface area contributed by atoms with Crippen molar-refractivity contribution in [2.24, 2.45) is 0 Å². The highest BCUT2D eigenvalue weighted by Gasteiger charge is 2.33. The van der Waals surface area contributed by atoms with E-state index in [9.17, 15) is 9.59 Å². The monoisotopic (exact) mass is 377 g/mol. The van der Waals surface area contributed by atoms with E-state index in [0.717, 1.165) is 16.7 Å². The summed E-state index contributed by atoms with van der Waals surface area (Å²) in [6.07, 6.45) is 0. The lowest BCUT2D eigenvalue weighted by molar-refractivity contribution is 0.0558. The number of rotatable bonds is 5. The van der Waals surface area contributed by atoms with Crippen molar-refractivity contribution in [2.45, 2.75) is 20.4 Å². The van der Waals surface area contributed by atoms with Crippen LogP contribution in [0.4, 0.5) is 0 Å². The van der Waals surface area contributed by atoms with Gasteiger partial charge in [0.1, 0.15) is 11.1 Å². The average Bonchev–Trinajstić information content (AvgIpc) is 3.08. The number of aromatic nitrogens is 1. The van der Waals surface area contributed by atoms with Gasteiger partial charge in [-0.05, 0) is 25.0 Å². The number of hydrogen-bond donors (Lipinski definition) is 0. The van der Waals surface area contributed by atoms with Crippen molar-refractivity contribution in [3.8, 4) is 22.5 Å². The van der Waals surface area contributed by atoms with Gasteiger partial charge in [0, 0.05) is 6.54 Å². The quantitative estimate of drug-likeness (QED) is 0.604. The van der Waals surface area contributed by atoms with Gasteiger partial charge >= 0.3 is 11.9 Å². The summed E-state index contributed by atoms with van der Waals surface area (Å²) in [6, 6.07) is 17.4. The largest absolute Gasteiger partial charge is 0.465 e. The molecular weight excluding hydrogens is 354 g/mol. The highest BCUT2D eigenvalue weighted by molar-refractivity contribution is 6.12. The second-order valence-corrected chi connectivity index (χ2v) is 6.41. The molecule has 0 bridgehead atoms. The average molecular weight is 377 g/mol. The molecule has 28 heavy (non-hydrogen) atoms. The number of esters is 2. The Balaban J connectivity index is 2.47. The van der Waals surface area contributed by atoms with E-state index in [1.54, 1.807) is 0 Å². The Bertz CT molecular complexity index is 1000. The Morgan fingerprint density at radius 2 is 1.25 bits per heavy atom. The van der Waals surface area contributed by atoms with Crippen LogP contribution in [-0.2, 0) is 16.0 Å². The summed E-state index contributed by atoms with van der Waals surface area (Å²) >= 11 is 0. The van der Waals surface area contributed by atoms with E-state index in [4.69, 9.17) is 9.47 Å². The maximum atomic E-state index is 12.8. The van der Waals surface area contributed by atoms with Crippen LogP contribution in [0.2, 0.25) is 0 Å². The smallest absolute Gasteiger partial charge is 0.340 e. The summed E-state index contributed by atoms with van der Waals surface area (Å²) < 4.78 is 12.1. The zero-order valence-electron chi connectivity index (χ0n) is 16.5. The van der Waals surface area contributed by atoms with E-state index in [0.29, 0.717) is 17.9 Å². The van der Waals surface area contributed by atoms with Crippen LogP contribution in [-0.4, -0.2) is 30.7 Å².